The Hall–Kier alpha value is -2.18. The van der Waals surface area contributed by atoms with E-state index in [2.05, 4.69) is 6.58 Å². The van der Waals surface area contributed by atoms with Gasteiger partial charge in [-0.2, -0.15) is 0 Å². The average molecular weight is 281 g/mol. The molecule has 0 bridgehead atoms. The topological polar surface area (TPSA) is 121 Å². The summed E-state index contributed by atoms with van der Waals surface area (Å²) in [5, 5.41) is 24.1. The second-order valence-corrected chi connectivity index (χ2v) is 4.11. The number of carbonyl (C=O) groups is 2. The summed E-state index contributed by atoms with van der Waals surface area (Å²) >= 11 is 0. The van der Waals surface area contributed by atoms with E-state index in [1.165, 1.54) is 0 Å². The SMILES string of the molecule is C=Cc1ccc([C@H](C)N)cc1.O=C(O)CC(O)C(=O)O. The Balaban J connectivity index is 0.000000370. The van der Waals surface area contributed by atoms with Crippen molar-refractivity contribution in [2.45, 2.75) is 25.5 Å². The lowest BCUT2D eigenvalue weighted by molar-refractivity contribution is -0.152. The van der Waals surface area contributed by atoms with E-state index >= 15 is 0 Å². The minimum Gasteiger partial charge on any atom is -0.481 e. The molecule has 1 aromatic carbocycles. The van der Waals surface area contributed by atoms with Crippen molar-refractivity contribution in [1.29, 1.82) is 0 Å². The van der Waals surface area contributed by atoms with Gasteiger partial charge in [0.1, 0.15) is 0 Å². The highest BCUT2D eigenvalue weighted by molar-refractivity contribution is 5.79. The largest absolute Gasteiger partial charge is 0.481 e. The molecular weight excluding hydrogens is 262 g/mol. The van der Waals surface area contributed by atoms with Gasteiger partial charge in [0, 0.05) is 6.04 Å². The van der Waals surface area contributed by atoms with Gasteiger partial charge in [0.2, 0.25) is 0 Å². The van der Waals surface area contributed by atoms with Gasteiger partial charge >= 0.3 is 11.9 Å². The van der Waals surface area contributed by atoms with Crippen molar-refractivity contribution < 1.29 is 24.9 Å². The molecule has 0 aliphatic heterocycles. The van der Waals surface area contributed by atoms with E-state index in [1.807, 2.05) is 37.3 Å². The van der Waals surface area contributed by atoms with Crippen LogP contribution in [0.2, 0.25) is 0 Å². The van der Waals surface area contributed by atoms with Crippen molar-refractivity contribution in [3.63, 3.8) is 0 Å². The van der Waals surface area contributed by atoms with Gasteiger partial charge in [-0.25, -0.2) is 4.79 Å². The Morgan fingerprint density at radius 2 is 1.80 bits per heavy atom. The minimum atomic E-state index is -1.79. The third-order valence-corrected chi connectivity index (χ3v) is 2.35. The van der Waals surface area contributed by atoms with Crippen LogP contribution in [0.4, 0.5) is 0 Å². The molecule has 1 unspecified atom stereocenters. The van der Waals surface area contributed by atoms with Crippen LogP contribution in [0.3, 0.4) is 0 Å². The van der Waals surface area contributed by atoms with E-state index in [9.17, 15) is 9.59 Å². The number of nitrogens with two attached hydrogens (primary N) is 1. The van der Waals surface area contributed by atoms with Crippen molar-refractivity contribution >= 4 is 18.0 Å². The van der Waals surface area contributed by atoms with Gasteiger partial charge in [0.05, 0.1) is 6.42 Å². The highest BCUT2D eigenvalue weighted by Gasteiger charge is 2.16. The molecule has 0 spiro atoms. The van der Waals surface area contributed by atoms with Crippen molar-refractivity contribution in [2.24, 2.45) is 5.73 Å². The zero-order valence-corrected chi connectivity index (χ0v) is 11.2. The summed E-state index contributed by atoms with van der Waals surface area (Å²) in [4.78, 5) is 19.4. The summed E-state index contributed by atoms with van der Waals surface area (Å²) in [6, 6.07) is 8.22. The quantitative estimate of drug-likeness (QED) is 0.644. The van der Waals surface area contributed by atoms with E-state index < -0.39 is 24.5 Å². The Kier molecular flexibility index (Phi) is 7.88. The Morgan fingerprint density at radius 3 is 2.05 bits per heavy atom. The first-order valence-electron chi connectivity index (χ1n) is 5.88. The Bertz CT molecular complexity index is 453. The van der Waals surface area contributed by atoms with Gasteiger partial charge in [0.15, 0.2) is 6.10 Å². The van der Waals surface area contributed by atoms with Crippen LogP contribution < -0.4 is 5.73 Å². The maximum Gasteiger partial charge on any atom is 0.333 e. The summed E-state index contributed by atoms with van der Waals surface area (Å²) in [7, 11) is 0. The van der Waals surface area contributed by atoms with Crippen LogP contribution in [0.15, 0.2) is 30.8 Å². The maximum absolute atomic E-state index is 9.72. The molecule has 6 heteroatoms. The van der Waals surface area contributed by atoms with Crippen LogP contribution in [0.5, 0.6) is 0 Å². The molecule has 0 aromatic heterocycles. The first-order valence-corrected chi connectivity index (χ1v) is 5.88. The molecule has 2 atom stereocenters. The smallest absolute Gasteiger partial charge is 0.333 e. The van der Waals surface area contributed by atoms with E-state index in [0.717, 1.165) is 11.1 Å². The van der Waals surface area contributed by atoms with E-state index in [0.29, 0.717) is 0 Å². The first-order chi connectivity index (χ1) is 9.27. The summed E-state index contributed by atoms with van der Waals surface area (Å²) in [6.07, 6.45) is -0.720. The predicted octanol–water partition coefficient (Wildman–Crippen LogP) is 1.26. The number of hydrogen-bond donors (Lipinski definition) is 4. The van der Waals surface area contributed by atoms with Crippen LogP contribution in [-0.4, -0.2) is 33.4 Å². The average Bonchev–Trinajstić information content (AvgIpc) is 2.38. The number of aliphatic hydroxyl groups excluding tert-OH is 1. The normalized spacial score (nSPS) is 12.6. The standard InChI is InChI=1S/C10H13N.C4H6O5/c1-3-9-4-6-10(7-5-9)8(2)11;5-2(4(8)9)1-3(6)7/h3-8H,1,11H2,2H3;2,5H,1H2,(H,6,7)(H,8,9)/t8-;/m0./s1. The Morgan fingerprint density at radius 1 is 1.30 bits per heavy atom. The number of carboxylic acid groups (broad SMARTS) is 2. The van der Waals surface area contributed by atoms with Crippen LogP contribution in [0, 0.1) is 0 Å². The number of carboxylic acids is 2. The first kappa shape index (κ1) is 17.8. The number of hydrogen-bond acceptors (Lipinski definition) is 4. The Labute approximate surface area is 117 Å². The molecule has 0 amide bonds. The second kappa shape index (κ2) is 8.84. The zero-order valence-electron chi connectivity index (χ0n) is 11.2. The third kappa shape index (κ3) is 7.30. The van der Waals surface area contributed by atoms with E-state index in [4.69, 9.17) is 21.1 Å². The fourth-order valence-electron chi connectivity index (χ4n) is 1.19. The summed E-state index contributed by atoms with van der Waals surface area (Å²) < 4.78 is 0. The van der Waals surface area contributed by atoms with Crippen molar-refractivity contribution in [3.8, 4) is 0 Å². The van der Waals surface area contributed by atoms with Gasteiger partial charge in [-0.3, -0.25) is 4.79 Å². The molecule has 0 radical (unpaired) electrons. The minimum absolute atomic E-state index is 0.119. The highest BCUT2D eigenvalue weighted by Crippen LogP contribution is 2.10. The monoisotopic (exact) mass is 281 g/mol. The summed E-state index contributed by atoms with van der Waals surface area (Å²) in [5.41, 5.74) is 7.98. The molecule has 0 fully saturated rings. The van der Waals surface area contributed by atoms with E-state index in [1.54, 1.807) is 0 Å². The zero-order chi connectivity index (χ0) is 15.7. The lowest BCUT2D eigenvalue weighted by Gasteiger charge is -2.04. The van der Waals surface area contributed by atoms with Gasteiger partial charge in [-0.1, -0.05) is 36.9 Å². The summed E-state index contributed by atoms with van der Waals surface area (Å²) in [5.74, 6) is -2.85. The molecule has 5 N–H and O–H groups in total. The van der Waals surface area contributed by atoms with Gasteiger partial charge in [-0.15, -0.1) is 0 Å². The van der Waals surface area contributed by atoms with Gasteiger partial charge in [-0.05, 0) is 18.1 Å². The number of aliphatic hydroxyl groups is 1. The van der Waals surface area contributed by atoms with Crippen LogP contribution >= 0.6 is 0 Å². The molecular formula is C14H19NO5. The second-order valence-electron chi connectivity index (χ2n) is 4.11. The number of aliphatic carboxylic acids is 2. The molecule has 0 saturated carbocycles. The number of rotatable bonds is 5. The van der Waals surface area contributed by atoms with Crippen LogP contribution in [-0.2, 0) is 9.59 Å². The lowest BCUT2D eigenvalue weighted by atomic mass is 10.1. The summed E-state index contributed by atoms with van der Waals surface area (Å²) in [6.45, 7) is 5.65. The van der Waals surface area contributed by atoms with Gasteiger partial charge in [0.25, 0.3) is 0 Å². The molecule has 0 aliphatic carbocycles. The maximum atomic E-state index is 9.72. The highest BCUT2D eigenvalue weighted by atomic mass is 16.4. The molecule has 0 aliphatic rings. The van der Waals surface area contributed by atoms with Crippen molar-refractivity contribution in [1.82, 2.24) is 0 Å². The van der Waals surface area contributed by atoms with Crippen molar-refractivity contribution in [2.75, 3.05) is 0 Å². The lowest BCUT2D eigenvalue weighted by Crippen LogP contribution is -2.22. The fraction of sp³-hybridized carbons (Fsp3) is 0.286. The molecule has 1 aromatic rings. The third-order valence-electron chi connectivity index (χ3n) is 2.35. The fourth-order valence-corrected chi connectivity index (χ4v) is 1.19. The van der Waals surface area contributed by atoms with E-state index in [-0.39, 0.29) is 6.04 Å². The number of benzene rings is 1. The molecule has 6 nitrogen and oxygen atoms in total. The molecule has 20 heavy (non-hydrogen) atoms. The molecule has 110 valence electrons. The predicted molar refractivity (Wildman–Crippen MR) is 75.0 cm³/mol. The van der Waals surface area contributed by atoms with Crippen LogP contribution in [0.25, 0.3) is 6.08 Å². The van der Waals surface area contributed by atoms with Crippen LogP contribution in [0.1, 0.15) is 30.5 Å². The van der Waals surface area contributed by atoms with Gasteiger partial charge < -0.3 is 21.1 Å². The van der Waals surface area contributed by atoms with Crippen molar-refractivity contribution in [3.05, 3.63) is 42.0 Å². The molecule has 0 saturated heterocycles. The molecule has 1 rings (SSSR count). The molecule has 0 heterocycles.